The average Bonchev–Trinajstić information content (AvgIpc) is 0.800. The number of aliphatic hydroxyl groups excluding tert-OH is 2. The van der Waals surface area contributed by atoms with Gasteiger partial charge in [-0.3, -0.25) is 43.2 Å². The summed E-state index contributed by atoms with van der Waals surface area (Å²) < 4.78 is 103. The normalized spacial score (nSPS) is 31.5. The number of ether oxygens (including phenoxy) is 17. The van der Waals surface area contributed by atoms with Crippen LogP contribution in [0.3, 0.4) is 0 Å². The number of hydrogen-bond donors (Lipinski definition) is 4. The van der Waals surface area contributed by atoms with Crippen molar-refractivity contribution in [3.05, 3.63) is 84.4 Å². The van der Waals surface area contributed by atoms with Crippen molar-refractivity contribution in [1.82, 2.24) is 10.6 Å². The van der Waals surface area contributed by atoms with Crippen molar-refractivity contribution in [3.63, 3.8) is 0 Å². The van der Waals surface area contributed by atoms with Gasteiger partial charge in [-0.2, -0.15) is 0 Å². The fraction of sp³-hybridized carbons (Fsp3) is 0.610. The summed E-state index contributed by atoms with van der Waals surface area (Å²) in [7, 11) is 0. The van der Waals surface area contributed by atoms with Crippen molar-refractivity contribution in [2.75, 3.05) is 38.9 Å². The number of hydrogen-bond acceptors (Lipinski definition) is 28. The second kappa shape index (κ2) is 35.1. The molecular weight excluding hydrogens is 1220 g/mol. The number of benzene rings is 2. The lowest BCUT2D eigenvalue weighted by molar-refractivity contribution is -0.379. The Bertz CT molecular complexity index is 2730. The van der Waals surface area contributed by atoms with Gasteiger partial charge in [-0.1, -0.05) is 66.7 Å². The van der Waals surface area contributed by atoms with Gasteiger partial charge in [0, 0.05) is 55.4 Å². The van der Waals surface area contributed by atoms with Gasteiger partial charge in [0.2, 0.25) is 11.8 Å². The summed E-state index contributed by atoms with van der Waals surface area (Å²) >= 11 is 6.09. The number of amides is 2. The van der Waals surface area contributed by atoms with Crippen LogP contribution in [0.5, 0.6) is 0 Å². The molecule has 0 spiro atoms. The molecular formula is C59H77ClN2O28. The fourth-order valence-electron chi connectivity index (χ4n) is 10.3. The first-order valence-corrected chi connectivity index (χ1v) is 29.1. The van der Waals surface area contributed by atoms with Gasteiger partial charge in [0.1, 0.15) is 86.1 Å². The van der Waals surface area contributed by atoms with Crippen molar-refractivity contribution < 1.29 is 134 Å². The van der Waals surface area contributed by atoms with Crippen LogP contribution in [0.15, 0.2) is 73.3 Å². The van der Waals surface area contributed by atoms with E-state index in [1.165, 1.54) is 13.0 Å². The van der Waals surface area contributed by atoms with Crippen molar-refractivity contribution >= 4 is 65.2 Å². The van der Waals surface area contributed by atoms with Crippen LogP contribution in [0.25, 0.3) is 0 Å². The Morgan fingerprint density at radius 3 is 1.24 bits per heavy atom. The average molecular weight is 1300 g/mol. The highest BCUT2D eigenvalue weighted by atomic mass is 35.5. The first kappa shape index (κ1) is 72.3. The number of carbonyl (C=O) groups is 9. The topological polar surface area (TPSA) is 375 Å². The SMILES string of the molecule is C=CCO[C@@H]1O[C@H](COCc2ccccc2)[C@@H](O[C@@H]2O[C@H](COC(C)=O)[C@H](OC(C)=O)[C@H](O[C@@H]3O[C@H](COCc4ccccc4)[C@@H](O[C@@H]4O[C@H](COC(C)=O)[C@H](OC(C)=O)[C@H](OC(C)=O)[C@H]4OC(C)=O)[C@H](O)[C@H]3NC(=O)CCl)[C@H]2OC(C)=O)[C@H](O)[C@H]1NC(C)=O. The van der Waals surface area contributed by atoms with Gasteiger partial charge in [-0.25, -0.2) is 0 Å². The van der Waals surface area contributed by atoms with Gasteiger partial charge >= 0.3 is 41.8 Å². The highest BCUT2D eigenvalue weighted by Crippen LogP contribution is 2.38. The van der Waals surface area contributed by atoms with E-state index in [4.69, 9.17) is 92.1 Å². The van der Waals surface area contributed by atoms with Crippen LogP contribution in [-0.2, 0) is 137 Å². The Kier molecular flexibility index (Phi) is 28.2. The Balaban J connectivity index is 1.48. The number of alkyl halides is 1. The monoisotopic (exact) mass is 1300 g/mol. The molecule has 4 aliphatic rings. The predicted molar refractivity (Wildman–Crippen MR) is 301 cm³/mol. The molecule has 0 aliphatic carbocycles. The Morgan fingerprint density at radius 1 is 0.467 bits per heavy atom. The molecule has 0 saturated carbocycles. The smallest absolute Gasteiger partial charge is 0.303 e. The lowest BCUT2D eigenvalue weighted by Crippen LogP contribution is -2.71. The van der Waals surface area contributed by atoms with E-state index in [1.54, 1.807) is 60.7 Å². The molecule has 2 aromatic carbocycles. The largest absolute Gasteiger partial charge is 0.463 e. The molecule has 2 amide bonds. The molecule has 4 N–H and O–H groups in total. The molecule has 6 rings (SSSR count). The van der Waals surface area contributed by atoms with Crippen LogP contribution in [-0.4, -0.2) is 225 Å². The van der Waals surface area contributed by atoms with E-state index in [9.17, 15) is 53.4 Å². The van der Waals surface area contributed by atoms with Gasteiger partial charge < -0.3 is 101 Å². The second-order valence-electron chi connectivity index (χ2n) is 21.0. The van der Waals surface area contributed by atoms with E-state index >= 15 is 0 Å². The van der Waals surface area contributed by atoms with Gasteiger partial charge in [0.25, 0.3) is 0 Å². The first-order chi connectivity index (χ1) is 42.9. The van der Waals surface area contributed by atoms with Crippen LogP contribution in [0, 0.1) is 0 Å². The standard InChI is InChI=1S/C59H77ClN2O28/c1-10-21-76-56-44(61-29(2)63)46(72)48(39(84-56)25-74-23-37-17-13-11-14-18-37)88-59-55(83-36(9)70)53(51(80-33(6)67)42(87-59)28-78-31(4)65)90-57-45(62-43(71)22-60)47(73)49(40(85-57)26-75-24-38-19-15-12-16-20-38)89-58-54(82-35(8)69)52(81-34(7)68)50(79-32(5)66)41(86-58)27-77-30(3)64/h10-20,39-42,44-59,72-73H,1,21-28H2,2-9H3,(H,61,63)(H,62,71)/t39-,40-,41-,42-,44-,45-,46-,47-,48-,49-,50+,51+,52+,53+,54-,55-,56-,57+,58+,59+/m1/s1. The molecule has 20 atom stereocenters. The maximum absolute atomic E-state index is 13.6. The number of rotatable bonds is 29. The predicted octanol–water partition coefficient (Wildman–Crippen LogP) is 0.413. The van der Waals surface area contributed by atoms with E-state index in [1.807, 2.05) is 0 Å². The molecule has 90 heavy (non-hydrogen) atoms. The summed E-state index contributed by atoms with van der Waals surface area (Å²) in [6.45, 7) is 9.52. The maximum Gasteiger partial charge on any atom is 0.303 e. The summed E-state index contributed by atoms with van der Waals surface area (Å²) in [5.41, 5.74) is 1.39. The Hall–Kier alpha value is -6.78. The fourth-order valence-corrected chi connectivity index (χ4v) is 10.3. The zero-order valence-corrected chi connectivity index (χ0v) is 51.4. The van der Waals surface area contributed by atoms with E-state index in [0.717, 1.165) is 54.0 Å². The number of esters is 7. The van der Waals surface area contributed by atoms with Crippen molar-refractivity contribution in [1.29, 1.82) is 0 Å². The lowest BCUT2D eigenvalue weighted by atomic mass is 9.93. The maximum atomic E-state index is 13.6. The minimum Gasteiger partial charge on any atom is -0.463 e. The summed E-state index contributed by atoms with van der Waals surface area (Å²) in [6.07, 6.45) is -30.4. The van der Waals surface area contributed by atoms with Gasteiger partial charge in [-0.15, -0.1) is 18.2 Å². The van der Waals surface area contributed by atoms with E-state index < -0.39 is 202 Å². The molecule has 4 fully saturated rings. The van der Waals surface area contributed by atoms with Crippen LogP contribution in [0.4, 0.5) is 0 Å². The summed E-state index contributed by atoms with van der Waals surface area (Å²) in [4.78, 5) is 116. The number of aliphatic hydroxyl groups is 2. The summed E-state index contributed by atoms with van der Waals surface area (Å²) in [6, 6.07) is 14.4. The number of nitrogens with one attached hydrogen (secondary N) is 2. The summed E-state index contributed by atoms with van der Waals surface area (Å²) in [5, 5.41) is 30.4. The van der Waals surface area contributed by atoms with Gasteiger partial charge in [0.05, 0.1) is 33.0 Å². The highest BCUT2D eigenvalue weighted by Gasteiger charge is 2.60. The van der Waals surface area contributed by atoms with Crippen molar-refractivity contribution in [3.8, 4) is 0 Å². The molecule has 31 heteroatoms. The molecule has 0 aromatic heterocycles. The molecule has 4 heterocycles. The van der Waals surface area contributed by atoms with Crippen LogP contribution in [0.1, 0.15) is 66.5 Å². The molecule has 4 aliphatic heterocycles. The van der Waals surface area contributed by atoms with Crippen LogP contribution in [0.2, 0.25) is 0 Å². The first-order valence-electron chi connectivity index (χ1n) is 28.5. The third-order valence-corrected chi connectivity index (χ3v) is 14.0. The van der Waals surface area contributed by atoms with Gasteiger partial charge in [0.15, 0.2) is 55.7 Å². The minimum absolute atomic E-state index is 0.0263. The third kappa shape index (κ3) is 21.1. The molecule has 30 nitrogen and oxygen atoms in total. The van der Waals surface area contributed by atoms with E-state index in [-0.39, 0.29) is 26.4 Å². The second-order valence-corrected chi connectivity index (χ2v) is 21.3. The molecule has 498 valence electrons. The molecule has 0 radical (unpaired) electrons. The molecule has 0 unspecified atom stereocenters. The quantitative estimate of drug-likeness (QED) is 0.0371. The molecule has 0 bridgehead atoms. The third-order valence-electron chi connectivity index (χ3n) is 13.8. The van der Waals surface area contributed by atoms with Crippen molar-refractivity contribution in [2.45, 2.75) is 191 Å². The number of carbonyl (C=O) groups excluding carboxylic acids is 9. The van der Waals surface area contributed by atoms with Gasteiger partial charge in [-0.05, 0) is 11.1 Å². The van der Waals surface area contributed by atoms with Crippen LogP contribution < -0.4 is 10.6 Å². The van der Waals surface area contributed by atoms with E-state index in [0.29, 0.717) is 5.56 Å². The lowest BCUT2D eigenvalue weighted by Gasteiger charge is -2.51. The zero-order chi connectivity index (χ0) is 65.8. The highest BCUT2D eigenvalue weighted by molar-refractivity contribution is 6.27. The zero-order valence-electron chi connectivity index (χ0n) is 50.6. The summed E-state index contributed by atoms with van der Waals surface area (Å²) in [5.74, 6) is -8.95. The number of halogens is 1. The van der Waals surface area contributed by atoms with Crippen LogP contribution >= 0.6 is 11.6 Å². The van der Waals surface area contributed by atoms with Crippen molar-refractivity contribution in [2.24, 2.45) is 0 Å². The molecule has 2 aromatic rings. The van der Waals surface area contributed by atoms with E-state index in [2.05, 4.69) is 17.2 Å². The Morgan fingerprint density at radius 2 is 0.833 bits per heavy atom. The molecule has 4 saturated heterocycles. The Labute approximate surface area is 522 Å². The minimum atomic E-state index is -2.11.